The number of aryl methyl sites for hydroxylation is 1. The number of carbonyl (C=O) groups excluding carboxylic acids is 1. The van der Waals surface area contributed by atoms with E-state index in [0.717, 1.165) is 12.0 Å². The van der Waals surface area contributed by atoms with Gasteiger partial charge in [0.05, 0.1) is 0 Å². The fourth-order valence-electron chi connectivity index (χ4n) is 1.47. The summed E-state index contributed by atoms with van der Waals surface area (Å²) in [7, 11) is 0. The molecule has 0 aliphatic rings. The van der Waals surface area contributed by atoms with Crippen LogP contribution in [-0.2, 0) is 6.42 Å². The molecule has 1 aromatic carbocycles. The van der Waals surface area contributed by atoms with Crippen molar-refractivity contribution in [2.75, 3.05) is 0 Å². The smallest absolute Gasteiger partial charge is 0.252 e. The Labute approximate surface area is 83.7 Å². The van der Waals surface area contributed by atoms with Crippen LogP contribution >= 0.6 is 11.6 Å². The van der Waals surface area contributed by atoms with E-state index in [1.54, 1.807) is 6.07 Å². The lowest BCUT2D eigenvalue weighted by molar-refractivity contribution is 0.108. The van der Waals surface area contributed by atoms with Gasteiger partial charge in [0.25, 0.3) is 5.24 Å². The fraction of sp³-hybridized carbons (Fsp3) is 0.364. The number of rotatable bonds is 2. The van der Waals surface area contributed by atoms with Gasteiger partial charge in [-0.15, -0.1) is 0 Å². The zero-order valence-corrected chi connectivity index (χ0v) is 8.90. The molecular weight excluding hydrogens is 184 g/mol. The van der Waals surface area contributed by atoms with E-state index < -0.39 is 0 Å². The first-order chi connectivity index (χ1) is 6.07. The molecule has 0 spiro atoms. The maximum atomic E-state index is 11.0. The average Bonchev–Trinajstić information content (AvgIpc) is 2.09. The minimum atomic E-state index is -0.372. The van der Waals surface area contributed by atoms with Crippen molar-refractivity contribution in [2.45, 2.75) is 27.2 Å². The lowest BCUT2D eigenvalue weighted by atomic mass is 9.97. The summed E-state index contributed by atoms with van der Waals surface area (Å²) in [6.45, 7) is 6.06. The van der Waals surface area contributed by atoms with Gasteiger partial charge in [-0.1, -0.05) is 13.0 Å². The molecule has 0 saturated carbocycles. The number of halogens is 1. The Hall–Kier alpha value is -0.820. The Bertz CT molecular complexity index is 342. The van der Waals surface area contributed by atoms with Gasteiger partial charge in [0.1, 0.15) is 0 Å². The maximum absolute atomic E-state index is 11.0. The second-order valence-electron chi connectivity index (χ2n) is 3.15. The van der Waals surface area contributed by atoms with Crippen molar-refractivity contribution in [1.82, 2.24) is 0 Å². The largest absolute Gasteiger partial charge is 0.276 e. The third-order valence-corrected chi connectivity index (χ3v) is 2.70. The molecule has 0 N–H and O–H groups in total. The Morgan fingerprint density at radius 2 is 1.92 bits per heavy atom. The van der Waals surface area contributed by atoms with Crippen molar-refractivity contribution in [3.8, 4) is 0 Å². The summed E-state index contributed by atoms with van der Waals surface area (Å²) >= 11 is 5.44. The molecule has 0 atom stereocenters. The van der Waals surface area contributed by atoms with Crippen molar-refractivity contribution in [3.63, 3.8) is 0 Å². The summed E-state index contributed by atoms with van der Waals surface area (Å²) in [4.78, 5) is 11.0. The van der Waals surface area contributed by atoms with E-state index in [9.17, 15) is 4.79 Å². The first-order valence-electron chi connectivity index (χ1n) is 4.36. The molecule has 13 heavy (non-hydrogen) atoms. The third kappa shape index (κ3) is 1.92. The number of hydrogen-bond donors (Lipinski definition) is 0. The summed E-state index contributed by atoms with van der Waals surface area (Å²) in [5.74, 6) is 0. The van der Waals surface area contributed by atoms with E-state index in [2.05, 4.69) is 6.92 Å². The first-order valence-corrected chi connectivity index (χ1v) is 4.74. The van der Waals surface area contributed by atoms with Gasteiger partial charge < -0.3 is 0 Å². The van der Waals surface area contributed by atoms with Gasteiger partial charge in [0.2, 0.25) is 0 Å². The first kappa shape index (κ1) is 10.3. The van der Waals surface area contributed by atoms with Crippen LogP contribution in [0.4, 0.5) is 0 Å². The van der Waals surface area contributed by atoms with Crippen LogP contribution in [0.5, 0.6) is 0 Å². The molecule has 1 aromatic rings. The zero-order chi connectivity index (χ0) is 10.0. The Kier molecular flexibility index (Phi) is 3.10. The highest BCUT2D eigenvalue weighted by molar-refractivity contribution is 6.67. The minimum Gasteiger partial charge on any atom is -0.276 e. The van der Waals surface area contributed by atoms with Crippen LogP contribution in [0.2, 0.25) is 0 Å². The summed E-state index contributed by atoms with van der Waals surface area (Å²) in [5, 5.41) is -0.372. The molecule has 0 saturated heterocycles. The highest BCUT2D eigenvalue weighted by atomic mass is 35.5. The quantitative estimate of drug-likeness (QED) is 0.664. The van der Waals surface area contributed by atoms with Crippen LogP contribution in [0.3, 0.4) is 0 Å². The summed E-state index contributed by atoms with van der Waals surface area (Å²) in [5.41, 5.74) is 4.07. The monoisotopic (exact) mass is 196 g/mol. The number of carbonyl (C=O) groups is 1. The van der Waals surface area contributed by atoms with Crippen LogP contribution in [0.1, 0.15) is 34.0 Å². The van der Waals surface area contributed by atoms with Crippen molar-refractivity contribution < 1.29 is 4.79 Å². The summed E-state index contributed by atoms with van der Waals surface area (Å²) < 4.78 is 0. The van der Waals surface area contributed by atoms with E-state index >= 15 is 0 Å². The predicted octanol–water partition coefficient (Wildman–Crippen LogP) is 3.24. The highest BCUT2D eigenvalue weighted by Crippen LogP contribution is 2.19. The third-order valence-electron chi connectivity index (χ3n) is 2.49. The number of benzene rings is 1. The molecule has 0 fully saturated rings. The predicted molar refractivity (Wildman–Crippen MR) is 55.5 cm³/mol. The molecule has 0 aliphatic carbocycles. The van der Waals surface area contributed by atoms with Crippen molar-refractivity contribution in [2.24, 2.45) is 0 Å². The standard InChI is InChI=1S/C11H13ClO/c1-4-9-5-6-10(11(12)13)8(3)7(9)2/h5-6H,4H2,1-3H3. The van der Waals surface area contributed by atoms with Gasteiger partial charge in [-0.25, -0.2) is 0 Å². The van der Waals surface area contributed by atoms with Crippen LogP contribution in [-0.4, -0.2) is 5.24 Å². The minimum absolute atomic E-state index is 0.372. The van der Waals surface area contributed by atoms with Gasteiger partial charge in [-0.2, -0.15) is 0 Å². The summed E-state index contributed by atoms with van der Waals surface area (Å²) in [6.07, 6.45) is 0.990. The molecule has 70 valence electrons. The normalized spacial score (nSPS) is 10.2. The average molecular weight is 197 g/mol. The molecular formula is C11H13ClO. The van der Waals surface area contributed by atoms with Gasteiger partial charge in [-0.05, 0) is 54.6 Å². The van der Waals surface area contributed by atoms with Crippen molar-refractivity contribution >= 4 is 16.8 Å². The second kappa shape index (κ2) is 3.93. The highest BCUT2D eigenvalue weighted by Gasteiger charge is 2.09. The molecule has 0 bridgehead atoms. The van der Waals surface area contributed by atoms with E-state index in [1.165, 1.54) is 11.1 Å². The molecule has 0 amide bonds. The van der Waals surface area contributed by atoms with E-state index in [0.29, 0.717) is 5.56 Å². The molecule has 2 heteroatoms. The van der Waals surface area contributed by atoms with Gasteiger partial charge in [0.15, 0.2) is 0 Å². The molecule has 1 nitrogen and oxygen atoms in total. The second-order valence-corrected chi connectivity index (χ2v) is 3.49. The van der Waals surface area contributed by atoms with Crippen molar-refractivity contribution in [1.29, 1.82) is 0 Å². The topological polar surface area (TPSA) is 17.1 Å². The Morgan fingerprint density at radius 3 is 2.38 bits per heavy atom. The molecule has 0 unspecified atom stereocenters. The van der Waals surface area contributed by atoms with Crippen molar-refractivity contribution in [3.05, 3.63) is 34.4 Å². The number of hydrogen-bond acceptors (Lipinski definition) is 1. The van der Waals surface area contributed by atoms with Gasteiger partial charge in [-0.3, -0.25) is 4.79 Å². The fourth-order valence-corrected chi connectivity index (χ4v) is 1.68. The molecule has 1 rings (SSSR count). The maximum Gasteiger partial charge on any atom is 0.252 e. The Balaban J connectivity index is 3.31. The molecule has 0 radical (unpaired) electrons. The van der Waals surface area contributed by atoms with Crippen LogP contribution in [0.15, 0.2) is 12.1 Å². The van der Waals surface area contributed by atoms with E-state index in [-0.39, 0.29) is 5.24 Å². The summed E-state index contributed by atoms with van der Waals surface area (Å²) in [6, 6.07) is 3.77. The van der Waals surface area contributed by atoms with Crippen LogP contribution in [0, 0.1) is 13.8 Å². The zero-order valence-electron chi connectivity index (χ0n) is 8.15. The Morgan fingerprint density at radius 1 is 1.31 bits per heavy atom. The van der Waals surface area contributed by atoms with Crippen LogP contribution in [0.25, 0.3) is 0 Å². The molecule has 0 heterocycles. The molecule has 0 aliphatic heterocycles. The van der Waals surface area contributed by atoms with Gasteiger partial charge >= 0.3 is 0 Å². The lowest BCUT2D eigenvalue weighted by Gasteiger charge is -2.09. The molecule has 0 aromatic heterocycles. The van der Waals surface area contributed by atoms with Gasteiger partial charge in [0, 0.05) is 5.56 Å². The SMILES string of the molecule is CCc1ccc(C(=O)Cl)c(C)c1C. The lowest BCUT2D eigenvalue weighted by Crippen LogP contribution is -1.99. The van der Waals surface area contributed by atoms with E-state index in [1.807, 2.05) is 19.9 Å². The van der Waals surface area contributed by atoms with E-state index in [4.69, 9.17) is 11.6 Å². The van der Waals surface area contributed by atoms with Crippen LogP contribution < -0.4 is 0 Å².